The van der Waals surface area contributed by atoms with Crippen LogP contribution in [0, 0.1) is 0 Å². The van der Waals surface area contributed by atoms with Crippen molar-refractivity contribution in [3.8, 4) is 0 Å². The SMILES string of the molecule is O=C1OC(=O)c2ccc3cc2C(=O)OC(=O)c2cc(ccc21)CC3. The first kappa shape index (κ1) is 14.3. The van der Waals surface area contributed by atoms with Gasteiger partial charge in [-0.15, -0.1) is 0 Å². The second-order valence-corrected chi connectivity index (χ2v) is 5.61. The summed E-state index contributed by atoms with van der Waals surface area (Å²) in [5.41, 5.74) is 1.23. The number of fused-ring (bicyclic) bond motifs is 4. The van der Waals surface area contributed by atoms with Crippen molar-refractivity contribution in [2.45, 2.75) is 12.8 Å². The molecule has 0 aromatic heterocycles. The van der Waals surface area contributed by atoms with Crippen LogP contribution >= 0.6 is 0 Å². The van der Waals surface area contributed by atoms with Gasteiger partial charge in [0.05, 0.1) is 22.3 Å². The Morgan fingerprint density at radius 3 is 1.33 bits per heavy atom. The third-order valence-corrected chi connectivity index (χ3v) is 4.12. The lowest BCUT2D eigenvalue weighted by Gasteiger charge is -2.13. The number of rotatable bonds is 0. The zero-order valence-corrected chi connectivity index (χ0v) is 12.3. The zero-order valence-electron chi connectivity index (χ0n) is 12.3. The molecule has 2 aliphatic rings. The molecule has 0 atom stereocenters. The lowest BCUT2D eigenvalue weighted by Crippen LogP contribution is -2.24. The van der Waals surface area contributed by atoms with Gasteiger partial charge in [0.1, 0.15) is 0 Å². The fourth-order valence-corrected chi connectivity index (χ4v) is 2.86. The molecule has 4 rings (SSSR count). The van der Waals surface area contributed by atoms with Gasteiger partial charge in [0.25, 0.3) is 0 Å². The molecule has 0 saturated carbocycles. The summed E-state index contributed by atoms with van der Waals surface area (Å²) in [6.07, 6.45) is 1.22. The molecule has 0 N–H and O–H groups in total. The van der Waals surface area contributed by atoms with E-state index in [-0.39, 0.29) is 22.3 Å². The van der Waals surface area contributed by atoms with Crippen LogP contribution < -0.4 is 0 Å². The number of esters is 4. The Hall–Kier alpha value is -3.28. The summed E-state index contributed by atoms with van der Waals surface area (Å²) >= 11 is 0. The van der Waals surface area contributed by atoms with Gasteiger partial charge >= 0.3 is 23.9 Å². The van der Waals surface area contributed by atoms with Crippen LogP contribution in [0.1, 0.15) is 52.6 Å². The normalized spacial score (nSPS) is 16.2. The Labute approximate surface area is 136 Å². The first-order valence-corrected chi connectivity index (χ1v) is 7.32. The first-order chi connectivity index (χ1) is 11.5. The van der Waals surface area contributed by atoms with Crippen LogP contribution in [0.2, 0.25) is 0 Å². The summed E-state index contributed by atoms with van der Waals surface area (Å²) in [5, 5.41) is 0. The molecule has 2 aromatic carbocycles. The maximum Gasteiger partial charge on any atom is 0.346 e. The van der Waals surface area contributed by atoms with Crippen molar-refractivity contribution >= 4 is 23.9 Å². The zero-order chi connectivity index (χ0) is 16.8. The Kier molecular flexibility index (Phi) is 3.06. The van der Waals surface area contributed by atoms with E-state index in [1.807, 2.05) is 0 Å². The van der Waals surface area contributed by atoms with E-state index in [4.69, 9.17) is 9.47 Å². The molecular weight excluding hydrogens is 312 g/mol. The second-order valence-electron chi connectivity index (χ2n) is 5.61. The van der Waals surface area contributed by atoms with Crippen molar-refractivity contribution in [2.24, 2.45) is 0 Å². The average Bonchev–Trinajstić information content (AvgIpc) is 2.59. The summed E-state index contributed by atoms with van der Waals surface area (Å²) in [7, 11) is 0. The molecule has 0 amide bonds. The van der Waals surface area contributed by atoms with E-state index >= 15 is 0 Å². The van der Waals surface area contributed by atoms with Gasteiger partial charge in [-0.25, -0.2) is 19.2 Å². The lowest BCUT2D eigenvalue weighted by molar-refractivity contribution is 0.0333. The van der Waals surface area contributed by atoms with Crippen molar-refractivity contribution < 1.29 is 28.7 Å². The number of hydrogen-bond donors (Lipinski definition) is 0. The Balaban J connectivity index is 2.05. The molecule has 0 aliphatic carbocycles. The van der Waals surface area contributed by atoms with Gasteiger partial charge in [0.2, 0.25) is 0 Å². The molecular formula is C18H10O6. The van der Waals surface area contributed by atoms with Crippen molar-refractivity contribution in [1.82, 2.24) is 0 Å². The molecule has 0 unspecified atom stereocenters. The Morgan fingerprint density at radius 2 is 0.917 bits per heavy atom. The maximum atomic E-state index is 12.3. The molecule has 0 spiro atoms. The van der Waals surface area contributed by atoms with Gasteiger partial charge in [0.15, 0.2) is 0 Å². The van der Waals surface area contributed by atoms with E-state index in [0.717, 1.165) is 11.1 Å². The lowest BCUT2D eigenvalue weighted by atomic mass is 9.98. The molecule has 6 heteroatoms. The minimum absolute atomic E-state index is 0.0860. The third kappa shape index (κ3) is 2.20. The fourth-order valence-electron chi connectivity index (χ4n) is 2.86. The van der Waals surface area contributed by atoms with Gasteiger partial charge in [0, 0.05) is 0 Å². The summed E-state index contributed by atoms with van der Waals surface area (Å²) in [6.45, 7) is 0. The Bertz CT molecular complexity index is 865. The summed E-state index contributed by atoms with van der Waals surface area (Å²) in [6, 6.07) is 9.17. The predicted molar refractivity (Wildman–Crippen MR) is 79.8 cm³/mol. The van der Waals surface area contributed by atoms with Gasteiger partial charge in [-0.05, 0) is 48.2 Å². The van der Waals surface area contributed by atoms with Gasteiger partial charge in [-0.1, -0.05) is 12.1 Å². The molecule has 4 bridgehead atoms. The molecule has 0 saturated heterocycles. The van der Waals surface area contributed by atoms with Crippen LogP contribution in [0.25, 0.3) is 0 Å². The van der Waals surface area contributed by atoms with Crippen LogP contribution in [0.15, 0.2) is 36.4 Å². The quantitative estimate of drug-likeness (QED) is 0.545. The van der Waals surface area contributed by atoms with Crippen LogP contribution in [-0.2, 0) is 22.3 Å². The van der Waals surface area contributed by atoms with E-state index in [9.17, 15) is 19.2 Å². The Morgan fingerprint density at radius 1 is 0.542 bits per heavy atom. The molecule has 6 nitrogen and oxygen atoms in total. The van der Waals surface area contributed by atoms with Gasteiger partial charge < -0.3 is 9.47 Å². The number of benzene rings is 2. The van der Waals surface area contributed by atoms with Crippen LogP contribution in [0.3, 0.4) is 0 Å². The highest BCUT2D eigenvalue weighted by Gasteiger charge is 2.30. The number of cyclic esters (lactones) is 2. The molecule has 0 fully saturated rings. The molecule has 0 radical (unpaired) electrons. The fraction of sp³-hybridized carbons (Fsp3) is 0.111. The highest BCUT2D eigenvalue weighted by Crippen LogP contribution is 2.24. The average molecular weight is 322 g/mol. The largest absolute Gasteiger partial charge is 0.386 e. The topological polar surface area (TPSA) is 86.7 Å². The van der Waals surface area contributed by atoms with Crippen molar-refractivity contribution in [3.63, 3.8) is 0 Å². The first-order valence-electron chi connectivity index (χ1n) is 7.32. The molecule has 24 heavy (non-hydrogen) atoms. The van der Waals surface area contributed by atoms with Crippen LogP contribution in [0.4, 0.5) is 0 Å². The number of ether oxygens (including phenoxy) is 2. The highest BCUT2D eigenvalue weighted by molar-refractivity contribution is 6.15. The molecule has 2 aliphatic heterocycles. The summed E-state index contributed by atoms with van der Waals surface area (Å²) < 4.78 is 9.71. The molecule has 2 aromatic rings. The third-order valence-electron chi connectivity index (χ3n) is 4.12. The molecule has 118 valence electrons. The van der Waals surface area contributed by atoms with Crippen molar-refractivity contribution in [1.29, 1.82) is 0 Å². The minimum Gasteiger partial charge on any atom is -0.386 e. The number of carbonyl (C=O) groups excluding carboxylic acids is 4. The van der Waals surface area contributed by atoms with Gasteiger partial charge in [-0.3, -0.25) is 0 Å². The minimum atomic E-state index is -0.956. The number of hydrogen-bond acceptors (Lipinski definition) is 6. The number of carbonyl (C=O) groups is 4. The smallest absolute Gasteiger partial charge is 0.346 e. The van der Waals surface area contributed by atoms with Crippen LogP contribution in [0.5, 0.6) is 0 Å². The summed E-state index contributed by atoms with van der Waals surface area (Å²) in [4.78, 5) is 49.1. The standard InChI is InChI=1S/C18H10O6/c19-15-11-5-3-9-1-2-10-4-6-12(16(20)23-15)14(8-10)18(22)24-17(21)13(11)7-9/h3-8H,1-2H2. The highest BCUT2D eigenvalue weighted by atomic mass is 16.6. The van der Waals surface area contributed by atoms with E-state index in [0.29, 0.717) is 12.8 Å². The van der Waals surface area contributed by atoms with Crippen molar-refractivity contribution in [2.75, 3.05) is 0 Å². The van der Waals surface area contributed by atoms with Gasteiger partial charge in [-0.2, -0.15) is 0 Å². The van der Waals surface area contributed by atoms with E-state index in [2.05, 4.69) is 0 Å². The second kappa shape index (κ2) is 5.13. The maximum absolute atomic E-state index is 12.3. The predicted octanol–water partition coefficient (Wildman–Crippen LogP) is 2.09. The monoisotopic (exact) mass is 322 g/mol. The van der Waals surface area contributed by atoms with E-state index in [1.54, 1.807) is 12.1 Å². The van der Waals surface area contributed by atoms with Crippen LogP contribution in [-0.4, -0.2) is 23.9 Å². The van der Waals surface area contributed by atoms with Crippen molar-refractivity contribution in [3.05, 3.63) is 69.8 Å². The summed E-state index contributed by atoms with van der Waals surface area (Å²) in [5.74, 6) is -3.80. The van der Waals surface area contributed by atoms with E-state index in [1.165, 1.54) is 24.3 Å². The molecule has 2 heterocycles. The number of aryl methyl sites for hydroxylation is 2. The van der Waals surface area contributed by atoms with E-state index < -0.39 is 23.9 Å².